The van der Waals surface area contributed by atoms with Gasteiger partial charge >= 0.3 is 11.9 Å². The molecule has 0 fully saturated rings. The summed E-state index contributed by atoms with van der Waals surface area (Å²) >= 11 is 1.44. The number of unbranched alkanes of at least 4 members (excludes halogenated alkanes) is 21. The van der Waals surface area contributed by atoms with Crippen LogP contribution in [-0.4, -0.2) is 47.2 Å². The van der Waals surface area contributed by atoms with Gasteiger partial charge < -0.3 is 14.6 Å². The first kappa shape index (κ1) is 39.9. The smallest absolute Gasteiger partial charge is 0.306 e. The van der Waals surface area contributed by atoms with Crippen LogP contribution in [0.15, 0.2) is 0 Å². The van der Waals surface area contributed by atoms with E-state index in [4.69, 9.17) is 9.47 Å². The Morgan fingerprint density at radius 2 is 0.976 bits per heavy atom. The predicted molar refractivity (Wildman–Crippen MR) is 172 cm³/mol. The zero-order chi connectivity index (χ0) is 30.2. The Morgan fingerprint density at radius 1 is 0.585 bits per heavy atom. The Labute approximate surface area is 256 Å². The summed E-state index contributed by atoms with van der Waals surface area (Å²) in [6, 6.07) is 0. The highest BCUT2D eigenvalue weighted by Gasteiger charge is 2.16. The molecule has 0 radical (unpaired) electrons. The summed E-state index contributed by atoms with van der Waals surface area (Å²) < 4.78 is 10.5. The van der Waals surface area contributed by atoms with Crippen LogP contribution in [0.3, 0.4) is 0 Å². The van der Waals surface area contributed by atoms with E-state index in [-0.39, 0.29) is 30.3 Å². The summed E-state index contributed by atoms with van der Waals surface area (Å²) in [6.45, 7) is 3.47. The van der Waals surface area contributed by atoms with Crippen LogP contribution in [0.1, 0.15) is 174 Å². The minimum Gasteiger partial charge on any atom is -0.462 e. The molecule has 0 amide bonds. The maximum absolute atomic E-state index is 12.1. The van der Waals surface area contributed by atoms with Gasteiger partial charge in [0.15, 0.2) is 11.2 Å². The Hall–Kier alpha value is -1.08. The second-order valence-electron chi connectivity index (χ2n) is 11.6. The van der Waals surface area contributed by atoms with Crippen LogP contribution >= 0.6 is 11.8 Å². The Morgan fingerprint density at radius 3 is 1.39 bits per heavy atom. The molecule has 41 heavy (non-hydrogen) atoms. The van der Waals surface area contributed by atoms with Gasteiger partial charge in [-0.25, -0.2) is 0 Å². The van der Waals surface area contributed by atoms with Crippen molar-refractivity contribution in [3.05, 3.63) is 0 Å². The van der Waals surface area contributed by atoms with E-state index in [1.54, 1.807) is 6.92 Å². The standard InChI is InChI=1S/C34H64O6S/c1-3-4-5-6-7-8-14-18-21-24-27-34(38)40-32(29-35)30-39-33(37)26-23-20-17-15-12-10-9-11-13-16-19-22-25-28-41-31(2)36/h32,35H,3-30H2,1-2H3/t32-/m1/s1. The fourth-order valence-corrected chi connectivity index (χ4v) is 5.55. The molecule has 0 aromatic heterocycles. The SMILES string of the molecule is CCCCCCCCCCCCC(=O)O[C@H](CO)COC(=O)CCCCCCCCCCCCCCCSC(C)=O. The van der Waals surface area contributed by atoms with Crippen LogP contribution in [0.5, 0.6) is 0 Å². The van der Waals surface area contributed by atoms with Crippen LogP contribution in [0, 0.1) is 0 Å². The molecule has 0 unspecified atom stereocenters. The molecule has 0 saturated heterocycles. The molecule has 1 atom stereocenters. The zero-order valence-corrected chi connectivity index (χ0v) is 27.6. The van der Waals surface area contributed by atoms with Crippen molar-refractivity contribution in [2.45, 2.75) is 180 Å². The van der Waals surface area contributed by atoms with Crippen LogP contribution < -0.4 is 0 Å². The maximum atomic E-state index is 12.1. The number of hydrogen-bond donors (Lipinski definition) is 1. The van der Waals surface area contributed by atoms with E-state index >= 15 is 0 Å². The summed E-state index contributed by atoms with van der Waals surface area (Å²) in [5.74, 6) is 0.361. The minimum absolute atomic E-state index is 0.0714. The molecule has 242 valence electrons. The molecule has 0 aliphatic carbocycles. The van der Waals surface area contributed by atoms with Crippen LogP contribution in [-0.2, 0) is 23.9 Å². The van der Waals surface area contributed by atoms with Crippen molar-refractivity contribution in [2.24, 2.45) is 0 Å². The largest absolute Gasteiger partial charge is 0.462 e. The van der Waals surface area contributed by atoms with Gasteiger partial charge in [-0.1, -0.05) is 147 Å². The second-order valence-corrected chi connectivity index (χ2v) is 12.9. The van der Waals surface area contributed by atoms with E-state index in [9.17, 15) is 19.5 Å². The lowest BCUT2D eigenvalue weighted by molar-refractivity contribution is -0.161. The first-order valence-corrected chi connectivity index (χ1v) is 18.1. The lowest BCUT2D eigenvalue weighted by atomic mass is 10.0. The molecule has 0 heterocycles. The second kappa shape index (κ2) is 31.8. The third-order valence-corrected chi connectivity index (χ3v) is 8.40. The van der Waals surface area contributed by atoms with Crippen molar-refractivity contribution in [1.82, 2.24) is 0 Å². The average Bonchev–Trinajstić information content (AvgIpc) is 2.95. The van der Waals surface area contributed by atoms with Crippen LogP contribution in [0.2, 0.25) is 0 Å². The number of rotatable bonds is 31. The number of hydrogen-bond acceptors (Lipinski definition) is 7. The molecule has 0 rings (SSSR count). The number of aliphatic hydroxyl groups excluding tert-OH is 1. The number of aliphatic hydroxyl groups is 1. The summed E-state index contributed by atoms with van der Waals surface area (Å²) in [5.41, 5.74) is 0. The molecule has 7 heteroatoms. The van der Waals surface area contributed by atoms with Gasteiger partial charge in [0.05, 0.1) is 6.61 Å². The Balaban J connectivity index is 3.50. The molecular weight excluding hydrogens is 536 g/mol. The quantitative estimate of drug-likeness (QED) is 0.0626. The first-order chi connectivity index (χ1) is 20.0. The van der Waals surface area contributed by atoms with Crippen molar-refractivity contribution in [1.29, 1.82) is 0 Å². The van der Waals surface area contributed by atoms with Crippen molar-refractivity contribution in [3.63, 3.8) is 0 Å². The number of carbonyl (C=O) groups is 3. The highest BCUT2D eigenvalue weighted by Crippen LogP contribution is 2.15. The summed E-state index contributed by atoms with van der Waals surface area (Å²) in [6.07, 6.45) is 27.7. The fourth-order valence-electron chi connectivity index (χ4n) is 4.92. The van der Waals surface area contributed by atoms with Gasteiger partial charge in [0.1, 0.15) is 6.61 Å². The molecule has 0 aliphatic heterocycles. The third kappa shape index (κ3) is 31.7. The highest BCUT2D eigenvalue weighted by molar-refractivity contribution is 8.13. The topological polar surface area (TPSA) is 89.9 Å². The molecule has 0 saturated carbocycles. The number of carbonyl (C=O) groups excluding carboxylic acids is 3. The van der Waals surface area contributed by atoms with E-state index in [0.29, 0.717) is 12.8 Å². The van der Waals surface area contributed by atoms with E-state index in [1.165, 1.54) is 114 Å². The zero-order valence-electron chi connectivity index (χ0n) is 26.8. The van der Waals surface area contributed by atoms with Crippen molar-refractivity contribution in [3.8, 4) is 0 Å². The Kier molecular flexibility index (Phi) is 31.0. The van der Waals surface area contributed by atoms with E-state index in [0.717, 1.165) is 50.7 Å². The minimum atomic E-state index is -0.772. The summed E-state index contributed by atoms with van der Waals surface area (Å²) in [4.78, 5) is 35.0. The van der Waals surface area contributed by atoms with Crippen LogP contribution in [0.4, 0.5) is 0 Å². The van der Waals surface area contributed by atoms with Gasteiger partial charge in [0, 0.05) is 25.5 Å². The molecular formula is C34H64O6S. The third-order valence-electron chi connectivity index (χ3n) is 7.50. The van der Waals surface area contributed by atoms with Gasteiger partial charge in [-0.2, -0.15) is 0 Å². The lowest BCUT2D eigenvalue weighted by Gasteiger charge is -2.15. The monoisotopic (exact) mass is 600 g/mol. The maximum Gasteiger partial charge on any atom is 0.306 e. The Bertz CT molecular complexity index is 612. The normalized spacial score (nSPS) is 11.9. The van der Waals surface area contributed by atoms with Crippen molar-refractivity contribution >= 4 is 28.8 Å². The van der Waals surface area contributed by atoms with Gasteiger partial charge in [0.2, 0.25) is 0 Å². The molecule has 0 bridgehead atoms. The fraction of sp³-hybridized carbons (Fsp3) is 0.912. The molecule has 6 nitrogen and oxygen atoms in total. The van der Waals surface area contributed by atoms with Gasteiger partial charge in [-0.3, -0.25) is 14.4 Å². The molecule has 1 N–H and O–H groups in total. The van der Waals surface area contributed by atoms with Gasteiger partial charge in [-0.15, -0.1) is 0 Å². The van der Waals surface area contributed by atoms with E-state index in [1.807, 2.05) is 0 Å². The molecule has 0 aromatic rings. The summed E-state index contributed by atoms with van der Waals surface area (Å²) in [5, 5.41) is 9.71. The lowest BCUT2D eigenvalue weighted by Crippen LogP contribution is -2.28. The number of ether oxygens (including phenoxy) is 2. The molecule has 0 spiro atoms. The van der Waals surface area contributed by atoms with Crippen LogP contribution in [0.25, 0.3) is 0 Å². The van der Waals surface area contributed by atoms with E-state index < -0.39 is 6.10 Å². The summed E-state index contributed by atoms with van der Waals surface area (Å²) in [7, 11) is 0. The van der Waals surface area contributed by atoms with Crippen molar-refractivity contribution in [2.75, 3.05) is 19.0 Å². The van der Waals surface area contributed by atoms with Crippen molar-refractivity contribution < 1.29 is 29.0 Å². The molecule has 0 aromatic carbocycles. The predicted octanol–water partition coefficient (Wildman–Crippen LogP) is 9.49. The average molecular weight is 601 g/mol. The van der Waals surface area contributed by atoms with Gasteiger partial charge in [-0.05, 0) is 19.3 Å². The first-order valence-electron chi connectivity index (χ1n) is 17.1. The number of esters is 2. The van der Waals surface area contributed by atoms with Gasteiger partial charge in [0.25, 0.3) is 0 Å². The molecule has 0 aliphatic rings. The number of thioether (sulfide) groups is 1. The van der Waals surface area contributed by atoms with E-state index in [2.05, 4.69) is 6.92 Å². The highest BCUT2D eigenvalue weighted by atomic mass is 32.2.